The number of hydrogen-bond acceptors (Lipinski definition) is 2. The monoisotopic (exact) mass is 710 g/mol. The molecule has 4 heteroatoms. The number of aromatic nitrogens is 4. The number of benzene rings is 8. The number of aromatic amines is 2. The van der Waals surface area contributed by atoms with Gasteiger partial charge < -0.3 is 9.97 Å². The summed E-state index contributed by atoms with van der Waals surface area (Å²) in [5.41, 5.74) is 12.4. The van der Waals surface area contributed by atoms with Crippen LogP contribution in [0.3, 0.4) is 0 Å². The van der Waals surface area contributed by atoms with E-state index >= 15 is 0 Å². The van der Waals surface area contributed by atoms with Crippen LogP contribution in [0, 0.1) is 0 Å². The molecule has 0 spiro atoms. The lowest BCUT2D eigenvalue weighted by Gasteiger charge is -2.07. The molecule has 0 amide bonds. The zero-order valence-corrected chi connectivity index (χ0v) is 30.1. The maximum Gasteiger partial charge on any atom is 0.0744 e. The number of nitrogens with one attached hydrogen (secondary N) is 2. The first-order chi connectivity index (χ1) is 27.7. The van der Waals surface area contributed by atoms with Crippen LogP contribution in [0.2, 0.25) is 0 Å². The van der Waals surface area contributed by atoms with Gasteiger partial charge in [0, 0.05) is 65.9 Å². The topological polar surface area (TPSA) is 57.4 Å². The van der Waals surface area contributed by atoms with Crippen molar-refractivity contribution in [2.24, 2.45) is 0 Å². The lowest BCUT2D eigenvalue weighted by molar-refractivity contribution is 1.38. The van der Waals surface area contributed by atoms with E-state index in [1.54, 1.807) is 0 Å². The maximum atomic E-state index is 5.48. The highest BCUT2D eigenvalue weighted by Gasteiger charge is 2.24. The predicted molar refractivity (Wildman–Crippen MR) is 235 cm³/mol. The van der Waals surface area contributed by atoms with E-state index in [1.165, 1.54) is 59.2 Å². The molecule has 258 valence electrons. The maximum absolute atomic E-state index is 5.48. The molecule has 0 radical (unpaired) electrons. The predicted octanol–water partition coefficient (Wildman–Crippen LogP) is 13.9. The van der Waals surface area contributed by atoms with E-state index < -0.39 is 0 Å². The van der Waals surface area contributed by atoms with E-state index in [-0.39, 0.29) is 0 Å². The van der Waals surface area contributed by atoms with Crippen LogP contribution >= 0.6 is 0 Å². The smallest absolute Gasteiger partial charge is 0.0744 e. The van der Waals surface area contributed by atoms with Gasteiger partial charge in [0.15, 0.2) is 0 Å². The van der Waals surface area contributed by atoms with Crippen LogP contribution < -0.4 is 0 Å². The van der Waals surface area contributed by atoms with Crippen LogP contribution in [0.5, 0.6) is 0 Å². The number of H-pyrrole nitrogens is 2. The summed E-state index contributed by atoms with van der Waals surface area (Å²) in [5.74, 6) is 0. The third-order valence-corrected chi connectivity index (χ3v) is 12.0. The Balaban J connectivity index is 1.28. The molecule has 0 aliphatic carbocycles. The minimum absolute atomic E-state index is 0.912. The highest BCUT2D eigenvalue weighted by atomic mass is 14.8. The molecule has 3 aromatic heterocycles. The molecule has 0 unspecified atom stereocenters. The van der Waals surface area contributed by atoms with Crippen LogP contribution in [0.15, 0.2) is 170 Å². The van der Waals surface area contributed by atoms with Crippen molar-refractivity contribution in [3.05, 3.63) is 170 Å². The van der Waals surface area contributed by atoms with E-state index in [1.807, 2.05) is 0 Å². The molecular formula is C52H30N4. The van der Waals surface area contributed by atoms with E-state index in [0.717, 1.165) is 72.5 Å². The highest BCUT2D eigenvalue weighted by Crippen LogP contribution is 2.46. The molecule has 0 saturated heterocycles. The fourth-order valence-corrected chi connectivity index (χ4v) is 9.56. The van der Waals surface area contributed by atoms with Gasteiger partial charge in [-0.05, 0) is 67.4 Å². The molecular weight excluding hydrogens is 681 g/mol. The number of nitrogens with zero attached hydrogens (tertiary/aromatic N) is 2. The average Bonchev–Trinajstić information content (AvgIpc) is 3.99. The average molecular weight is 711 g/mol. The van der Waals surface area contributed by atoms with Gasteiger partial charge in [-0.15, -0.1) is 0 Å². The van der Waals surface area contributed by atoms with Gasteiger partial charge in [-0.3, -0.25) is 0 Å². The molecule has 2 aliphatic rings. The summed E-state index contributed by atoms with van der Waals surface area (Å²) in [6.45, 7) is 0. The molecule has 13 rings (SSSR count). The molecule has 56 heavy (non-hydrogen) atoms. The Hall–Kier alpha value is -7.56. The summed E-state index contributed by atoms with van der Waals surface area (Å²) in [7, 11) is 0. The molecule has 8 aromatic carbocycles. The fraction of sp³-hybridized carbons (Fsp3) is 0. The van der Waals surface area contributed by atoms with Crippen molar-refractivity contribution in [2.75, 3.05) is 0 Å². The Labute approximate surface area is 320 Å². The number of fused-ring (bicyclic) bond motifs is 28. The lowest BCUT2D eigenvalue weighted by Crippen LogP contribution is -1.82. The normalized spacial score (nSPS) is 12.3. The van der Waals surface area contributed by atoms with Crippen molar-refractivity contribution in [1.82, 2.24) is 19.9 Å². The van der Waals surface area contributed by atoms with Crippen LogP contribution in [-0.4, -0.2) is 19.9 Å². The third-order valence-electron chi connectivity index (χ3n) is 12.0. The van der Waals surface area contributed by atoms with Crippen molar-refractivity contribution >= 4 is 86.7 Å². The zero-order chi connectivity index (χ0) is 36.5. The minimum atomic E-state index is 0.912. The Bertz CT molecular complexity index is 3720. The molecule has 2 aliphatic heterocycles. The molecule has 0 fully saturated rings. The van der Waals surface area contributed by atoms with Crippen LogP contribution in [-0.2, 0) is 0 Å². The van der Waals surface area contributed by atoms with E-state index in [9.17, 15) is 0 Å². The van der Waals surface area contributed by atoms with Gasteiger partial charge in [0.1, 0.15) is 0 Å². The van der Waals surface area contributed by atoms with Crippen molar-refractivity contribution < 1.29 is 0 Å². The third kappa shape index (κ3) is 4.13. The summed E-state index contributed by atoms with van der Waals surface area (Å²) in [5, 5.41) is 14.3. The Kier molecular flexibility index (Phi) is 5.86. The van der Waals surface area contributed by atoms with Gasteiger partial charge in [0.05, 0.1) is 22.8 Å². The summed E-state index contributed by atoms with van der Waals surface area (Å²) in [6.07, 6.45) is 0. The molecule has 5 heterocycles. The van der Waals surface area contributed by atoms with Gasteiger partial charge in [-0.25, -0.2) is 9.97 Å². The Morgan fingerprint density at radius 1 is 0.286 bits per heavy atom. The quantitative estimate of drug-likeness (QED) is 0.165. The number of hydrogen-bond donors (Lipinski definition) is 2. The molecule has 2 N–H and O–H groups in total. The summed E-state index contributed by atoms with van der Waals surface area (Å²) in [4.78, 5) is 18.8. The van der Waals surface area contributed by atoms with Crippen molar-refractivity contribution in [3.8, 4) is 45.0 Å². The zero-order valence-electron chi connectivity index (χ0n) is 30.1. The minimum Gasteiger partial charge on any atom is -0.354 e. The number of rotatable bonds is 0. The van der Waals surface area contributed by atoms with E-state index in [2.05, 4.69) is 180 Å². The van der Waals surface area contributed by atoms with E-state index in [0.29, 0.717) is 0 Å². The van der Waals surface area contributed by atoms with E-state index in [4.69, 9.17) is 9.97 Å². The molecule has 8 bridgehead atoms. The second-order valence-corrected chi connectivity index (χ2v) is 15.1. The SMILES string of the molecule is c1ccc2c3c(ccc2c1)-c1cc2[nH]c(cc4[nH]c(cc5nc(cc-3n1)-c1ccc3ccccc3c1-5)c1ccc3ccccc3c41)c1ccc3ccccc3c21. The molecule has 11 aromatic rings. The van der Waals surface area contributed by atoms with Crippen LogP contribution in [0.25, 0.3) is 132 Å². The first-order valence-corrected chi connectivity index (χ1v) is 19.2. The Morgan fingerprint density at radius 3 is 1.23 bits per heavy atom. The molecule has 0 saturated carbocycles. The second-order valence-electron chi connectivity index (χ2n) is 15.1. The van der Waals surface area contributed by atoms with Gasteiger partial charge in [0.2, 0.25) is 0 Å². The summed E-state index contributed by atoms with van der Waals surface area (Å²) < 4.78 is 0. The van der Waals surface area contributed by atoms with Gasteiger partial charge >= 0.3 is 0 Å². The second kappa shape index (κ2) is 11.0. The van der Waals surface area contributed by atoms with Crippen LogP contribution in [0.4, 0.5) is 0 Å². The standard InChI is InChI=1S/C52H30N4/c1-5-13-33-29(9-1)17-21-37-41-26-46-51-35-15-7-3-11-31(35)19-23-39(51)43(55-46)28-48-52-36-16-8-4-12-32(36)20-24-40(52)44(56-48)27-47-50-34-14-6-2-10-30(34)18-22-38(50)42(54-47)25-45(53-41)49(33)37/h1-28,53-54H. The van der Waals surface area contributed by atoms with Gasteiger partial charge in [0.25, 0.3) is 0 Å². The highest BCUT2D eigenvalue weighted by molar-refractivity contribution is 6.24. The van der Waals surface area contributed by atoms with Crippen molar-refractivity contribution in [3.63, 3.8) is 0 Å². The first-order valence-electron chi connectivity index (χ1n) is 19.2. The Morgan fingerprint density at radius 2 is 0.679 bits per heavy atom. The van der Waals surface area contributed by atoms with Gasteiger partial charge in [-0.1, -0.05) is 146 Å². The molecule has 0 atom stereocenters. The molecule has 4 nitrogen and oxygen atoms in total. The largest absolute Gasteiger partial charge is 0.354 e. The summed E-state index contributed by atoms with van der Waals surface area (Å²) >= 11 is 0. The van der Waals surface area contributed by atoms with Crippen molar-refractivity contribution in [2.45, 2.75) is 0 Å². The van der Waals surface area contributed by atoms with Gasteiger partial charge in [-0.2, -0.15) is 0 Å². The summed E-state index contributed by atoms with van der Waals surface area (Å²) in [6, 6.07) is 61.5. The first kappa shape index (κ1) is 29.8. The van der Waals surface area contributed by atoms with Crippen LogP contribution in [0.1, 0.15) is 0 Å². The fourth-order valence-electron chi connectivity index (χ4n) is 9.56. The van der Waals surface area contributed by atoms with Crippen molar-refractivity contribution in [1.29, 1.82) is 0 Å². The lowest BCUT2D eigenvalue weighted by atomic mass is 9.95.